The van der Waals surface area contributed by atoms with Crippen LogP contribution in [0.3, 0.4) is 0 Å². The minimum absolute atomic E-state index is 0.647. The number of alkyl halides is 3. The fourth-order valence-electron chi connectivity index (χ4n) is 3.33. The van der Waals surface area contributed by atoms with Gasteiger partial charge in [0, 0.05) is 38.4 Å². The summed E-state index contributed by atoms with van der Waals surface area (Å²) >= 11 is 0. The van der Waals surface area contributed by atoms with Crippen molar-refractivity contribution in [3.8, 4) is 0 Å². The summed E-state index contributed by atoms with van der Waals surface area (Å²) in [7, 11) is 0. The SMILES string of the molecule is FC(F)(F)c1ccc(N2CCN(C3CCCC3)CC2)nc1. The molecule has 0 aromatic carbocycles. The quantitative estimate of drug-likeness (QED) is 0.836. The lowest BCUT2D eigenvalue weighted by Gasteiger charge is -2.38. The van der Waals surface area contributed by atoms with Crippen LogP contribution < -0.4 is 4.90 Å². The molecule has 0 amide bonds. The van der Waals surface area contributed by atoms with Crippen LogP contribution in [0, 0.1) is 0 Å². The average Bonchev–Trinajstić information content (AvgIpc) is 3.01. The normalized spacial score (nSPS) is 22.0. The van der Waals surface area contributed by atoms with E-state index in [1.54, 1.807) is 0 Å². The van der Waals surface area contributed by atoms with Crippen LogP contribution in [0.5, 0.6) is 0 Å². The first-order valence-electron chi connectivity index (χ1n) is 7.56. The standard InChI is InChI=1S/C15H20F3N3/c16-15(17,18)12-5-6-14(19-11-12)21-9-7-20(8-10-21)13-3-1-2-4-13/h5-6,11,13H,1-4,7-10H2. The molecule has 21 heavy (non-hydrogen) atoms. The van der Waals surface area contributed by atoms with E-state index in [0.717, 1.165) is 38.4 Å². The molecule has 1 aliphatic heterocycles. The van der Waals surface area contributed by atoms with Gasteiger partial charge in [-0.05, 0) is 25.0 Å². The van der Waals surface area contributed by atoms with E-state index >= 15 is 0 Å². The average molecular weight is 299 g/mol. The van der Waals surface area contributed by atoms with Crippen molar-refractivity contribution in [2.75, 3.05) is 31.1 Å². The maximum Gasteiger partial charge on any atom is 0.417 e. The molecule has 0 spiro atoms. The Hall–Kier alpha value is -1.30. The van der Waals surface area contributed by atoms with Gasteiger partial charge < -0.3 is 4.90 Å². The second kappa shape index (κ2) is 5.83. The maximum atomic E-state index is 12.5. The Morgan fingerprint density at radius 3 is 2.19 bits per heavy atom. The highest BCUT2D eigenvalue weighted by Gasteiger charge is 2.31. The molecule has 0 bridgehead atoms. The van der Waals surface area contributed by atoms with Gasteiger partial charge in [0.1, 0.15) is 5.82 Å². The summed E-state index contributed by atoms with van der Waals surface area (Å²) in [6, 6.07) is 3.31. The van der Waals surface area contributed by atoms with Crippen LogP contribution in [0.2, 0.25) is 0 Å². The van der Waals surface area contributed by atoms with Crippen molar-refractivity contribution in [3.63, 3.8) is 0 Å². The van der Waals surface area contributed by atoms with Crippen molar-refractivity contribution in [3.05, 3.63) is 23.9 Å². The van der Waals surface area contributed by atoms with Crippen LogP contribution in [0.25, 0.3) is 0 Å². The fraction of sp³-hybridized carbons (Fsp3) is 0.667. The molecule has 0 atom stereocenters. The Morgan fingerprint density at radius 2 is 1.67 bits per heavy atom. The van der Waals surface area contributed by atoms with E-state index in [1.165, 1.54) is 31.7 Å². The number of rotatable bonds is 2. The monoisotopic (exact) mass is 299 g/mol. The lowest BCUT2D eigenvalue weighted by molar-refractivity contribution is -0.137. The number of nitrogens with zero attached hydrogens (tertiary/aromatic N) is 3. The minimum atomic E-state index is -4.31. The van der Waals surface area contributed by atoms with Gasteiger partial charge in [0.2, 0.25) is 0 Å². The minimum Gasteiger partial charge on any atom is -0.354 e. The van der Waals surface area contributed by atoms with E-state index in [-0.39, 0.29) is 0 Å². The first-order chi connectivity index (χ1) is 10.0. The number of anilines is 1. The van der Waals surface area contributed by atoms with Crippen LogP contribution in [-0.2, 0) is 6.18 Å². The lowest BCUT2D eigenvalue weighted by Crippen LogP contribution is -2.50. The zero-order valence-electron chi connectivity index (χ0n) is 11.9. The van der Waals surface area contributed by atoms with Crippen LogP contribution in [-0.4, -0.2) is 42.1 Å². The number of hydrogen-bond acceptors (Lipinski definition) is 3. The Kier molecular flexibility index (Phi) is 4.06. The number of aromatic nitrogens is 1. The molecule has 1 saturated heterocycles. The lowest BCUT2D eigenvalue weighted by atomic mass is 10.2. The molecule has 0 unspecified atom stereocenters. The summed E-state index contributed by atoms with van der Waals surface area (Å²) in [5.41, 5.74) is -0.684. The van der Waals surface area contributed by atoms with Crippen molar-refractivity contribution >= 4 is 5.82 Å². The van der Waals surface area contributed by atoms with Gasteiger partial charge in [-0.15, -0.1) is 0 Å². The van der Waals surface area contributed by atoms with Gasteiger partial charge in [-0.1, -0.05) is 12.8 Å². The predicted molar refractivity (Wildman–Crippen MR) is 75.3 cm³/mol. The Labute approximate surface area is 122 Å². The van der Waals surface area contributed by atoms with E-state index < -0.39 is 11.7 Å². The van der Waals surface area contributed by atoms with Crippen molar-refractivity contribution in [2.24, 2.45) is 0 Å². The maximum absolute atomic E-state index is 12.5. The summed E-state index contributed by atoms with van der Waals surface area (Å²) in [4.78, 5) is 8.58. The van der Waals surface area contributed by atoms with Gasteiger partial charge in [0.05, 0.1) is 5.56 Å². The van der Waals surface area contributed by atoms with E-state index in [2.05, 4.69) is 14.8 Å². The van der Waals surface area contributed by atoms with Crippen LogP contribution in [0.15, 0.2) is 18.3 Å². The molecule has 1 aromatic rings. The number of halogens is 3. The Balaban J connectivity index is 1.59. The molecule has 1 aromatic heterocycles. The first kappa shape index (κ1) is 14.6. The topological polar surface area (TPSA) is 19.4 Å². The molecule has 1 aliphatic carbocycles. The second-order valence-electron chi connectivity index (χ2n) is 5.86. The third-order valence-electron chi connectivity index (χ3n) is 4.55. The zero-order chi connectivity index (χ0) is 14.9. The second-order valence-corrected chi connectivity index (χ2v) is 5.86. The van der Waals surface area contributed by atoms with Crippen molar-refractivity contribution in [1.82, 2.24) is 9.88 Å². The third-order valence-corrected chi connectivity index (χ3v) is 4.55. The van der Waals surface area contributed by atoms with Gasteiger partial charge >= 0.3 is 6.18 Å². The molecule has 0 radical (unpaired) electrons. The van der Waals surface area contributed by atoms with Crippen molar-refractivity contribution in [1.29, 1.82) is 0 Å². The number of pyridine rings is 1. The van der Waals surface area contributed by atoms with Crippen LogP contribution in [0.1, 0.15) is 31.2 Å². The summed E-state index contributed by atoms with van der Waals surface area (Å²) in [6.45, 7) is 3.64. The summed E-state index contributed by atoms with van der Waals surface area (Å²) < 4.78 is 37.6. The van der Waals surface area contributed by atoms with E-state index in [1.807, 2.05) is 0 Å². The Bertz CT molecular complexity index is 458. The molecule has 116 valence electrons. The largest absolute Gasteiger partial charge is 0.417 e. The smallest absolute Gasteiger partial charge is 0.354 e. The molecule has 6 heteroatoms. The van der Waals surface area contributed by atoms with Gasteiger partial charge in [-0.25, -0.2) is 4.98 Å². The molecule has 2 aliphatic rings. The summed E-state index contributed by atoms with van der Waals surface area (Å²) in [5.74, 6) is 0.647. The number of piperazine rings is 1. The molecule has 2 fully saturated rings. The zero-order valence-corrected chi connectivity index (χ0v) is 11.9. The van der Waals surface area contributed by atoms with E-state index in [0.29, 0.717) is 11.9 Å². The molecule has 0 N–H and O–H groups in total. The summed E-state index contributed by atoms with van der Waals surface area (Å²) in [6.07, 6.45) is 1.85. The molecule has 2 heterocycles. The highest BCUT2D eigenvalue weighted by Crippen LogP contribution is 2.30. The first-order valence-corrected chi connectivity index (χ1v) is 7.56. The van der Waals surface area contributed by atoms with Gasteiger partial charge in [-0.2, -0.15) is 13.2 Å². The summed E-state index contributed by atoms with van der Waals surface area (Å²) in [5, 5.41) is 0. The highest BCUT2D eigenvalue weighted by atomic mass is 19.4. The highest BCUT2D eigenvalue weighted by molar-refractivity contribution is 5.40. The number of hydrogen-bond donors (Lipinski definition) is 0. The van der Waals surface area contributed by atoms with Gasteiger partial charge in [-0.3, -0.25) is 4.90 Å². The Morgan fingerprint density at radius 1 is 1.00 bits per heavy atom. The molecular weight excluding hydrogens is 279 g/mol. The molecular formula is C15H20F3N3. The van der Waals surface area contributed by atoms with Gasteiger partial charge in [0.15, 0.2) is 0 Å². The van der Waals surface area contributed by atoms with Crippen molar-refractivity contribution in [2.45, 2.75) is 37.9 Å². The fourth-order valence-corrected chi connectivity index (χ4v) is 3.33. The molecule has 3 rings (SSSR count). The van der Waals surface area contributed by atoms with Crippen LogP contribution in [0.4, 0.5) is 19.0 Å². The van der Waals surface area contributed by atoms with Crippen molar-refractivity contribution < 1.29 is 13.2 Å². The van der Waals surface area contributed by atoms with E-state index in [4.69, 9.17) is 0 Å². The third kappa shape index (κ3) is 3.31. The van der Waals surface area contributed by atoms with Gasteiger partial charge in [0.25, 0.3) is 0 Å². The molecule has 3 nitrogen and oxygen atoms in total. The molecule has 1 saturated carbocycles. The van der Waals surface area contributed by atoms with Crippen LogP contribution >= 0.6 is 0 Å². The predicted octanol–water partition coefficient (Wildman–Crippen LogP) is 3.17. The van der Waals surface area contributed by atoms with E-state index in [9.17, 15) is 13.2 Å².